The summed E-state index contributed by atoms with van der Waals surface area (Å²) in [6.45, 7) is 7.28. The largest absolute Gasteiger partial charge is 0.313 e. The van der Waals surface area contributed by atoms with Crippen molar-refractivity contribution in [2.24, 2.45) is 0 Å². The van der Waals surface area contributed by atoms with Crippen LogP contribution in [0.1, 0.15) is 52.9 Å². The molecular formula is C14H29NO2S2. The molecule has 0 aromatic rings. The van der Waals surface area contributed by atoms with E-state index in [0.29, 0.717) is 16.5 Å². The molecule has 2 atom stereocenters. The summed E-state index contributed by atoms with van der Waals surface area (Å²) in [5, 5.41) is 3.64. The normalized spacial score (nSPS) is 25.6. The number of rotatable bonds is 9. The van der Waals surface area contributed by atoms with Crippen molar-refractivity contribution in [1.82, 2.24) is 5.32 Å². The molecule has 0 aromatic heterocycles. The van der Waals surface area contributed by atoms with Crippen molar-refractivity contribution >= 4 is 21.6 Å². The SMILES string of the molecule is CCCNC(CCCS(=O)(=O)CC)C1(C)CCCS1. The molecule has 1 saturated heterocycles. The Kier molecular flexibility index (Phi) is 7.19. The van der Waals surface area contributed by atoms with Gasteiger partial charge in [-0.2, -0.15) is 11.8 Å². The van der Waals surface area contributed by atoms with Crippen LogP contribution < -0.4 is 5.32 Å². The predicted molar refractivity (Wildman–Crippen MR) is 85.7 cm³/mol. The highest BCUT2D eigenvalue weighted by atomic mass is 32.2. The molecule has 0 saturated carbocycles. The molecule has 3 nitrogen and oxygen atoms in total. The molecule has 5 heteroatoms. The summed E-state index contributed by atoms with van der Waals surface area (Å²) in [7, 11) is -2.81. The Morgan fingerprint density at radius 2 is 2.11 bits per heavy atom. The molecular weight excluding hydrogens is 278 g/mol. The minimum Gasteiger partial charge on any atom is -0.313 e. The highest BCUT2D eigenvalue weighted by Crippen LogP contribution is 2.41. The second-order valence-corrected chi connectivity index (χ2v) is 9.75. The highest BCUT2D eigenvalue weighted by molar-refractivity contribution is 8.00. The average Bonchev–Trinajstić information content (AvgIpc) is 2.81. The topological polar surface area (TPSA) is 46.2 Å². The van der Waals surface area contributed by atoms with Crippen LogP contribution in [0.5, 0.6) is 0 Å². The van der Waals surface area contributed by atoms with Gasteiger partial charge in [-0.15, -0.1) is 0 Å². The Labute approximate surface area is 123 Å². The van der Waals surface area contributed by atoms with E-state index in [4.69, 9.17) is 0 Å². The van der Waals surface area contributed by atoms with Gasteiger partial charge in [0.15, 0.2) is 0 Å². The second kappa shape index (κ2) is 7.89. The lowest BCUT2D eigenvalue weighted by Crippen LogP contribution is -2.45. The Balaban J connectivity index is 2.50. The molecule has 1 N–H and O–H groups in total. The van der Waals surface area contributed by atoms with E-state index in [0.717, 1.165) is 25.8 Å². The minimum atomic E-state index is -2.81. The number of sulfone groups is 1. The van der Waals surface area contributed by atoms with Gasteiger partial charge in [-0.1, -0.05) is 13.8 Å². The van der Waals surface area contributed by atoms with Crippen molar-refractivity contribution in [2.45, 2.75) is 63.7 Å². The Hall–Kier alpha value is 0.260. The smallest absolute Gasteiger partial charge is 0.150 e. The maximum absolute atomic E-state index is 11.6. The summed E-state index contributed by atoms with van der Waals surface area (Å²) in [6.07, 6.45) is 5.43. The molecule has 0 amide bonds. The Morgan fingerprint density at radius 3 is 2.63 bits per heavy atom. The molecule has 1 aliphatic rings. The van der Waals surface area contributed by atoms with Crippen LogP contribution in [0.2, 0.25) is 0 Å². The molecule has 1 fully saturated rings. The number of hydrogen-bond donors (Lipinski definition) is 1. The van der Waals surface area contributed by atoms with Gasteiger partial charge in [0, 0.05) is 16.5 Å². The van der Waals surface area contributed by atoms with E-state index in [-0.39, 0.29) is 5.75 Å². The van der Waals surface area contributed by atoms with Gasteiger partial charge in [0.1, 0.15) is 9.84 Å². The van der Waals surface area contributed by atoms with Crippen LogP contribution in [-0.4, -0.2) is 43.0 Å². The first kappa shape index (κ1) is 17.3. The molecule has 0 spiro atoms. The number of thioether (sulfide) groups is 1. The van der Waals surface area contributed by atoms with E-state index in [1.165, 1.54) is 18.6 Å². The van der Waals surface area contributed by atoms with Crippen LogP contribution >= 0.6 is 11.8 Å². The third-order valence-corrected chi connectivity index (χ3v) is 7.45. The van der Waals surface area contributed by atoms with Crippen LogP contribution in [0, 0.1) is 0 Å². The third kappa shape index (κ3) is 5.64. The molecule has 0 aliphatic carbocycles. The van der Waals surface area contributed by atoms with Crippen LogP contribution in [0.3, 0.4) is 0 Å². The van der Waals surface area contributed by atoms with Crippen molar-refractivity contribution in [3.8, 4) is 0 Å². The van der Waals surface area contributed by atoms with Crippen molar-refractivity contribution in [3.63, 3.8) is 0 Å². The molecule has 1 heterocycles. The lowest BCUT2D eigenvalue weighted by atomic mass is 9.92. The number of nitrogens with one attached hydrogen (secondary N) is 1. The quantitative estimate of drug-likeness (QED) is 0.711. The van der Waals surface area contributed by atoms with E-state index in [1.54, 1.807) is 6.92 Å². The van der Waals surface area contributed by atoms with Gasteiger partial charge in [0.2, 0.25) is 0 Å². The Bertz CT molecular complexity index is 348. The maximum atomic E-state index is 11.6. The maximum Gasteiger partial charge on any atom is 0.150 e. The lowest BCUT2D eigenvalue weighted by Gasteiger charge is -2.34. The molecule has 1 aliphatic heterocycles. The Morgan fingerprint density at radius 1 is 1.37 bits per heavy atom. The van der Waals surface area contributed by atoms with E-state index in [9.17, 15) is 8.42 Å². The van der Waals surface area contributed by atoms with Gasteiger partial charge in [0.05, 0.1) is 5.75 Å². The van der Waals surface area contributed by atoms with Crippen LogP contribution in [-0.2, 0) is 9.84 Å². The monoisotopic (exact) mass is 307 g/mol. The zero-order valence-corrected chi connectivity index (χ0v) is 14.2. The summed E-state index contributed by atoms with van der Waals surface area (Å²) >= 11 is 2.05. The molecule has 114 valence electrons. The fraction of sp³-hybridized carbons (Fsp3) is 1.00. The van der Waals surface area contributed by atoms with Crippen molar-refractivity contribution in [2.75, 3.05) is 23.8 Å². The summed E-state index contributed by atoms with van der Waals surface area (Å²) in [5.41, 5.74) is 0. The molecule has 1 rings (SSSR count). The molecule has 0 radical (unpaired) electrons. The molecule has 0 bridgehead atoms. The minimum absolute atomic E-state index is 0.270. The van der Waals surface area contributed by atoms with Crippen LogP contribution in [0.15, 0.2) is 0 Å². The first-order chi connectivity index (χ1) is 8.93. The lowest BCUT2D eigenvalue weighted by molar-refractivity contribution is 0.378. The van der Waals surface area contributed by atoms with Crippen LogP contribution in [0.4, 0.5) is 0 Å². The van der Waals surface area contributed by atoms with Crippen LogP contribution in [0.25, 0.3) is 0 Å². The van der Waals surface area contributed by atoms with Gasteiger partial charge >= 0.3 is 0 Å². The van der Waals surface area contributed by atoms with E-state index in [2.05, 4.69) is 30.9 Å². The zero-order valence-electron chi connectivity index (χ0n) is 12.6. The fourth-order valence-electron chi connectivity index (χ4n) is 2.67. The highest BCUT2D eigenvalue weighted by Gasteiger charge is 2.37. The zero-order chi connectivity index (χ0) is 14.4. The predicted octanol–water partition coefficient (Wildman–Crippen LogP) is 2.86. The molecule has 0 aromatic carbocycles. The van der Waals surface area contributed by atoms with Crippen molar-refractivity contribution in [1.29, 1.82) is 0 Å². The summed E-state index contributed by atoms with van der Waals surface area (Å²) in [6, 6.07) is 0.451. The first-order valence-corrected chi connectivity index (χ1v) is 10.3. The summed E-state index contributed by atoms with van der Waals surface area (Å²) in [5.74, 6) is 1.86. The van der Waals surface area contributed by atoms with Gasteiger partial charge in [-0.3, -0.25) is 0 Å². The van der Waals surface area contributed by atoms with Gasteiger partial charge < -0.3 is 5.32 Å². The molecule has 2 unspecified atom stereocenters. The standard InChI is InChI=1S/C14H29NO2S2/c1-4-10-15-13(14(3)9-7-11-18-14)8-6-12-19(16,17)5-2/h13,15H,4-12H2,1-3H3. The van der Waals surface area contributed by atoms with Gasteiger partial charge in [-0.05, 0) is 51.3 Å². The average molecular weight is 308 g/mol. The summed E-state index contributed by atoms with van der Waals surface area (Å²) < 4.78 is 23.4. The fourth-order valence-corrected chi connectivity index (χ4v) is 5.01. The first-order valence-electron chi connectivity index (χ1n) is 7.51. The molecule has 19 heavy (non-hydrogen) atoms. The van der Waals surface area contributed by atoms with Gasteiger partial charge in [0.25, 0.3) is 0 Å². The third-order valence-electron chi connectivity index (χ3n) is 4.02. The van der Waals surface area contributed by atoms with Crippen molar-refractivity contribution in [3.05, 3.63) is 0 Å². The second-order valence-electron chi connectivity index (χ2n) is 5.65. The van der Waals surface area contributed by atoms with E-state index in [1.807, 2.05) is 0 Å². The van der Waals surface area contributed by atoms with Crippen molar-refractivity contribution < 1.29 is 8.42 Å². The number of hydrogen-bond acceptors (Lipinski definition) is 4. The van der Waals surface area contributed by atoms with E-state index < -0.39 is 9.84 Å². The summed E-state index contributed by atoms with van der Waals surface area (Å²) in [4.78, 5) is 0. The van der Waals surface area contributed by atoms with Gasteiger partial charge in [-0.25, -0.2) is 8.42 Å². The van der Waals surface area contributed by atoms with E-state index >= 15 is 0 Å².